The number of hydrogen-bond acceptors (Lipinski definition) is 0. The molecule has 2 rings (SSSR count). The summed E-state index contributed by atoms with van der Waals surface area (Å²) in [7, 11) is 0.777. The van der Waals surface area contributed by atoms with Gasteiger partial charge in [-0.2, -0.15) is 0 Å². The Morgan fingerprint density at radius 3 is 1.38 bits per heavy atom. The van der Waals surface area contributed by atoms with Gasteiger partial charge in [0.2, 0.25) is 0 Å². The lowest BCUT2D eigenvalue weighted by Gasteiger charge is -2.00. The molecule has 0 unspecified atom stereocenters. The molecule has 65 valence electrons. The van der Waals surface area contributed by atoms with Crippen molar-refractivity contribution in [1.29, 1.82) is 0 Å². The van der Waals surface area contributed by atoms with Crippen LogP contribution in [0.25, 0.3) is 0 Å². The van der Waals surface area contributed by atoms with Crippen LogP contribution in [0.3, 0.4) is 0 Å². The van der Waals surface area contributed by atoms with Crippen LogP contribution < -0.4 is 10.6 Å². The van der Waals surface area contributed by atoms with Gasteiger partial charge in [-0.3, -0.25) is 0 Å². The van der Waals surface area contributed by atoms with E-state index in [-0.39, 0.29) is 1.43 Å². The van der Waals surface area contributed by atoms with Crippen LogP contribution in [0.15, 0.2) is 60.7 Å². The van der Waals surface area contributed by atoms with Crippen molar-refractivity contribution in [3.8, 4) is 0 Å². The molecule has 1 heteroatoms. The van der Waals surface area contributed by atoms with E-state index in [1.165, 1.54) is 10.6 Å². The maximum Gasteiger partial charge on any atom is 0 e. The van der Waals surface area contributed by atoms with Gasteiger partial charge < -0.3 is 0 Å². The van der Waals surface area contributed by atoms with E-state index in [9.17, 15) is 0 Å². The van der Waals surface area contributed by atoms with E-state index in [1.54, 1.807) is 0 Å². The van der Waals surface area contributed by atoms with Gasteiger partial charge in [0.1, 0.15) is 0 Å². The first-order chi connectivity index (χ1) is 6.45. The van der Waals surface area contributed by atoms with E-state index in [0.29, 0.717) is 0 Å². The summed E-state index contributed by atoms with van der Waals surface area (Å²) in [5, 5.41) is 2.79. The highest BCUT2D eigenvalue weighted by atomic mass is 31.1. The van der Waals surface area contributed by atoms with Crippen molar-refractivity contribution < 1.29 is 1.43 Å². The smallest absolute Gasteiger partial charge is 0 e. The van der Waals surface area contributed by atoms with Crippen molar-refractivity contribution in [2.24, 2.45) is 0 Å². The van der Waals surface area contributed by atoms with Crippen LogP contribution in [0.4, 0.5) is 0 Å². The van der Waals surface area contributed by atoms with Crippen molar-refractivity contribution >= 4 is 19.2 Å². The molecule has 2 aromatic rings. The largest absolute Gasteiger partial charge is 0.0622 e. The molecule has 0 aliphatic heterocycles. The van der Waals surface area contributed by atoms with Gasteiger partial charge in [0.25, 0.3) is 0 Å². The van der Waals surface area contributed by atoms with E-state index in [4.69, 9.17) is 0 Å². The van der Waals surface area contributed by atoms with E-state index < -0.39 is 0 Å². The summed E-state index contributed by atoms with van der Waals surface area (Å²) in [6.07, 6.45) is 0. The van der Waals surface area contributed by atoms with Crippen molar-refractivity contribution in [3.63, 3.8) is 0 Å². The monoisotopic (exact) mass is 187 g/mol. The second kappa shape index (κ2) is 4.20. The zero-order valence-electron chi connectivity index (χ0n) is 8.27. The third kappa shape index (κ3) is 2.40. The lowest BCUT2D eigenvalue weighted by atomic mass is 10.4. The van der Waals surface area contributed by atoms with Crippen LogP contribution in [-0.2, 0) is 0 Å². The fraction of sp³-hybridized carbons (Fsp3) is 0. The summed E-state index contributed by atoms with van der Waals surface area (Å²) >= 11 is 0. The van der Waals surface area contributed by atoms with E-state index in [2.05, 4.69) is 60.7 Å². The van der Waals surface area contributed by atoms with Crippen molar-refractivity contribution in [3.05, 3.63) is 60.7 Å². The van der Waals surface area contributed by atoms with Gasteiger partial charge in [-0.15, -0.1) is 0 Å². The fourth-order valence-electron chi connectivity index (χ4n) is 1.21. The van der Waals surface area contributed by atoms with Crippen molar-refractivity contribution in [2.45, 2.75) is 0 Å². The first-order valence-electron chi connectivity index (χ1n) is 4.32. The van der Waals surface area contributed by atoms with Gasteiger partial charge in [0.15, 0.2) is 0 Å². The number of rotatable bonds is 2. The Bertz CT molecular complexity index is 321. The predicted octanol–water partition coefficient (Wildman–Crippen LogP) is 2.43. The molecule has 0 atom stereocenters. The highest BCUT2D eigenvalue weighted by molar-refractivity contribution is 7.55. The second-order valence-corrected chi connectivity index (χ2v) is 4.26. The molecule has 0 spiro atoms. The van der Waals surface area contributed by atoms with Crippen molar-refractivity contribution in [1.82, 2.24) is 0 Å². The average molecular weight is 187 g/mol. The Labute approximate surface area is 81.9 Å². The first kappa shape index (κ1) is 8.47. The minimum atomic E-state index is 0. The summed E-state index contributed by atoms with van der Waals surface area (Å²) < 4.78 is 0. The molecule has 0 aromatic heterocycles. The molecule has 0 saturated carbocycles. The summed E-state index contributed by atoms with van der Waals surface area (Å²) in [6, 6.07) is 21.2. The lowest BCUT2D eigenvalue weighted by Crippen LogP contribution is -2.01. The molecule has 0 aliphatic carbocycles. The topological polar surface area (TPSA) is 0 Å². The molecule has 0 aliphatic rings. The SMILES string of the molecule is [H].c1ccc(Pc2ccccc2)cc1. The molecular weight excluding hydrogens is 175 g/mol. The molecule has 1 radical (unpaired) electrons. The van der Waals surface area contributed by atoms with Crippen LogP contribution in [0, 0.1) is 0 Å². The fourth-order valence-corrected chi connectivity index (χ4v) is 2.26. The third-order valence-electron chi connectivity index (χ3n) is 1.84. The van der Waals surface area contributed by atoms with E-state index in [0.717, 1.165) is 8.58 Å². The summed E-state index contributed by atoms with van der Waals surface area (Å²) in [4.78, 5) is 0. The standard InChI is InChI=1S/C12H11P.H/c1-3-7-11(8-4-1)13-12-9-5-2-6-10-12;/h1-10,13H;. The molecule has 0 heterocycles. The molecule has 0 fully saturated rings. The van der Waals surface area contributed by atoms with Crippen LogP contribution >= 0.6 is 8.58 Å². The Balaban J connectivity index is 0.000000980. The Kier molecular flexibility index (Phi) is 2.74. The van der Waals surface area contributed by atoms with Gasteiger partial charge in [0, 0.05) is 1.43 Å². The van der Waals surface area contributed by atoms with E-state index in [1.807, 2.05) is 0 Å². The first-order valence-corrected chi connectivity index (χ1v) is 5.32. The van der Waals surface area contributed by atoms with Gasteiger partial charge >= 0.3 is 0 Å². The molecule has 0 saturated heterocycles. The van der Waals surface area contributed by atoms with Gasteiger partial charge in [-0.1, -0.05) is 69.2 Å². The normalized spacial score (nSPS) is 9.85. The highest BCUT2D eigenvalue weighted by Gasteiger charge is 1.92. The molecule has 13 heavy (non-hydrogen) atoms. The molecule has 2 aromatic carbocycles. The predicted molar refractivity (Wildman–Crippen MR) is 61.6 cm³/mol. The van der Waals surface area contributed by atoms with Crippen LogP contribution in [0.5, 0.6) is 0 Å². The minimum Gasteiger partial charge on any atom is -0.0622 e. The van der Waals surface area contributed by atoms with Crippen molar-refractivity contribution in [2.75, 3.05) is 0 Å². The number of benzene rings is 2. The summed E-state index contributed by atoms with van der Waals surface area (Å²) in [6.45, 7) is 0. The quantitative estimate of drug-likeness (QED) is 0.633. The molecule has 0 nitrogen and oxygen atoms in total. The maximum atomic E-state index is 2.17. The third-order valence-corrected chi connectivity index (χ3v) is 3.08. The number of hydrogen-bond donors (Lipinski definition) is 0. The van der Waals surface area contributed by atoms with Gasteiger partial charge in [-0.05, 0) is 10.6 Å². The van der Waals surface area contributed by atoms with Gasteiger partial charge in [0.05, 0.1) is 0 Å². The average Bonchev–Trinajstić information content (AvgIpc) is 2.21. The maximum absolute atomic E-state index is 2.17. The molecule has 0 bridgehead atoms. The Hall–Kier alpha value is -1.13. The highest BCUT2D eigenvalue weighted by Crippen LogP contribution is 2.08. The molecular formula is C12H12P. The van der Waals surface area contributed by atoms with Crippen LogP contribution in [0.2, 0.25) is 0 Å². The Morgan fingerprint density at radius 1 is 0.615 bits per heavy atom. The minimum absolute atomic E-state index is 0. The van der Waals surface area contributed by atoms with Crippen LogP contribution in [-0.4, -0.2) is 0 Å². The molecule has 0 N–H and O–H groups in total. The zero-order valence-corrected chi connectivity index (χ0v) is 8.27. The Morgan fingerprint density at radius 2 is 1.00 bits per heavy atom. The summed E-state index contributed by atoms with van der Waals surface area (Å²) in [5.41, 5.74) is 0. The molecule has 0 amide bonds. The van der Waals surface area contributed by atoms with Crippen LogP contribution in [0.1, 0.15) is 1.43 Å². The van der Waals surface area contributed by atoms with E-state index >= 15 is 0 Å². The zero-order chi connectivity index (χ0) is 8.93. The van der Waals surface area contributed by atoms with Gasteiger partial charge in [-0.25, -0.2) is 0 Å². The summed E-state index contributed by atoms with van der Waals surface area (Å²) in [5.74, 6) is 0. The second-order valence-electron chi connectivity index (χ2n) is 2.86. The lowest BCUT2D eigenvalue weighted by molar-refractivity contribution is 1.76.